The van der Waals surface area contributed by atoms with Crippen molar-refractivity contribution >= 4 is 17.9 Å². The minimum absolute atomic E-state index is 0.0581. The molecule has 26 N–H and O–H groups in total. The second kappa shape index (κ2) is 47.7. The van der Waals surface area contributed by atoms with E-state index < -0.39 is 397 Å². The van der Waals surface area contributed by atoms with Gasteiger partial charge in [-0.2, -0.15) is 0 Å². The van der Waals surface area contributed by atoms with Gasteiger partial charge >= 0.3 is 17.9 Å². The highest BCUT2D eigenvalue weighted by atomic mass is 16.8. The Morgan fingerprint density at radius 2 is 0.887 bits per heavy atom. The van der Waals surface area contributed by atoms with Crippen molar-refractivity contribution in [3.05, 3.63) is 60.3 Å². The number of fused-ring (bicyclic) bond motifs is 7. The first-order valence-electron chi connectivity index (χ1n) is 51.8. The minimum atomic E-state index is -2.30. The number of allylic oxidation sites excluding steroid dienone is 4. The minimum Gasteiger partial charge on any atom is -0.458 e. The summed E-state index contributed by atoms with van der Waals surface area (Å²) in [5.74, 6) is -4.70. The number of carbonyl (C=O) groups is 3. The van der Waals surface area contributed by atoms with Gasteiger partial charge < -0.3 is 228 Å². The Kier molecular flexibility index (Phi) is 38.4. The lowest BCUT2D eigenvalue weighted by Crippen LogP contribution is -2.70. The average Bonchev–Trinajstić information content (AvgIpc) is 0.670. The third-order valence-corrected chi connectivity index (χ3v) is 35.3. The van der Waals surface area contributed by atoms with Gasteiger partial charge in [0, 0.05) is 17.4 Å². The van der Waals surface area contributed by atoms with E-state index in [9.17, 15) is 138 Å². The van der Waals surface area contributed by atoms with Gasteiger partial charge in [-0.05, 0) is 152 Å². The van der Waals surface area contributed by atoms with Crippen molar-refractivity contribution in [2.45, 2.75) is 455 Å². The van der Waals surface area contributed by atoms with Gasteiger partial charge in [-0.3, -0.25) is 4.79 Å². The van der Waals surface area contributed by atoms with E-state index >= 15 is 9.59 Å². The standard InChI is InChI=1S/C101H160O49/c1-16-96(11,149-89-74(125)65(116)58(109)41(4)134-89)26-18-20-40(3)82(128)143-77-42(5)136-90(75(126)69(77)120)150-97(12,17-2)27-19-21-44(33-102)83(129)141-57-32-101(93(130)148-92-81(68(119)62(113)50(35-104)139-92)147-88-76(127)79(145-87-73(124)66(117)61(112)49(34-103)137-87)78(43(6)135-88)144-86-71(122)63(114)51(36-105)138-86)46(30-94(57,7)8)45-22-23-54-98(13)28-25-56(95(9,10)53(98)24-29-99(54,14)100(45,15)31-55(101)108)142-85-72(123)67(118)64(115)52(140-85)39-133-91-80(60(111)48(107)38-132-91)146-84-70(121)59(110)47(106)37-131-84/h16-17,20-22,41-43,46-81,84-92,102-127H,1-2,18-19,23-39H2,3-15H3/b40-20+,44-21+/t41-,42-,43+,46-,47-,48+,49-,50-,51-,52-,53+,54-,55-,56+,57+,58-,59+,60+,61-,62-,63+,64-,65+,66+,67+,68+,69-,70-,71-,72-,73-,74-,75-,76-,77-,78+,79+,80-,81-,84+,85+,86+,87+,88+,89+,90+,91+,92+,96+,97+,98+,99-,100-,101-/m1/s1. The van der Waals surface area contributed by atoms with E-state index in [1.165, 1.54) is 52.0 Å². The van der Waals surface area contributed by atoms with E-state index in [0.717, 1.165) is 0 Å². The molecule has 9 heterocycles. The molecule has 0 spiro atoms. The largest absolute Gasteiger partial charge is 0.458 e. The monoisotopic (exact) mass is 2160 g/mol. The molecule has 9 saturated heterocycles. The van der Waals surface area contributed by atoms with Gasteiger partial charge in [0.2, 0.25) is 6.29 Å². The van der Waals surface area contributed by atoms with Gasteiger partial charge in [-0.15, -0.1) is 13.2 Å². The molecule has 0 aromatic carbocycles. The number of ether oxygens (including phenoxy) is 20. The maximum atomic E-state index is 16.9. The van der Waals surface area contributed by atoms with Gasteiger partial charge in [0.25, 0.3) is 0 Å². The van der Waals surface area contributed by atoms with Gasteiger partial charge in [-0.1, -0.05) is 84.4 Å². The summed E-state index contributed by atoms with van der Waals surface area (Å²) in [7, 11) is 0. The summed E-state index contributed by atoms with van der Waals surface area (Å²) in [5, 5.41) is 290. The zero-order valence-electron chi connectivity index (χ0n) is 86.5. The normalized spacial score (nSPS) is 49.2. The molecule has 49 nitrogen and oxygen atoms in total. The number of carbonyl (C=O) groups excluding carboxylic acids is 3. The zero-order chi connectivity index (χ0) is 110. The topological polar surface area (TPSA) is 762 Å². The molecule has 0 radical (unpaired) electrons. The first-order chi connectivity index (χ1) is 70.3. The summed E-state index contributed by atoms with van der Waals surface area (Å²) < 4.78 is 121. The Morgan fingerprint density at radius 1 is 0.427 bits per heavy atom. The maximum Gasteiger partial charge on any atom is 0.336 e. The number of hydrogen-bond donors (Lipinski definition) is 26. The fraction of sp³-hybridized carbons (Fsp3) is 0.871. The molecule has 4 saturated carbocycles. The van der Waals surface area contributed by atoms with Crippen molar-refractivity contribution < 1.29 is 242 Å². The molecule has 0 amide bonds. The Morgan fingerprint density at radius 3 is 1.48 bits per heavy atom. The number of rotatable bonds is 35. The van der Waals surface area contributed by atoms with E-state index in [1.54, 1.807) is 27.7 Å². The molecule has 54 atom stereocenters. The lowest BCUT2D eigenvalue weighted by molar-refractivity contribution is -0.390. The molecule has 0 aromatic rings. The van der Waals surface area contributed by atoms with E-state index in [0.29, 0.717) is 37.7 Å². The number of hydrogen-bond acceptors (Lipinski definition) is 49. The number of aliphatic hydroxyl groups is 26. The summed E-state index contributed by atoms with van der Waals surface area (Å²) in [6.07, 6.45) is -67.7. The molecule has 0 unspecified atom stereocenters. The van der Waals surface area contributed by atoms with Gasteiger partial charge in [0.15, 0.2) is 62.5 Å². The van der Waals surface area contributed by atoms with Crippen LogP contribution in [-0.4, -0.2) is 484 Å². The molecule has 0 aromatic heterocycles. The van der Waals surface area contributed by atoms with Gasteiger partial charge in [0.05, 0.1) is 93.5 Å². The second-order valence-corrected chi connectivity index (χ2v) is 45.7. The van der Waals surface area contributed by atoms with Crippen molar-refractivity contribution in [2.75, 3.05) is 46.2 Å². The highest BCUT2D eigenvalue weighted by molar-refractivity contribution is 5.89. The van der Waals surface area contributed by atoms with Gasteiger partial charge in [0.1, 0.15) is 182 Å². The predicted octanol–water partition coefficient (Wildman–Crippen LogP) is -6.57. The first kappa shape index (κ1) is 121. The molecule has 14 aliphatic rings. The number of aliphatic hydroxyl groups excluding tert-OH is 26. The number of esters is 3. The fourth-order valence-electron chi connectivity index (χ4n) is 25.4. The van der Waals surface area contributed by atoms with Crippen LogP contribution in [0, 0.1) is 50.2 Å². The molecule has 49 heteroatoms. The van der Waals surface area contributed by atoms with E-state index in [1.807, 2.05) is 20.8 Å². The van der Waals surface area contributed by atoms with Crippen LogP contribution < -0.4 is 0 Å². The molecule has 13 fully saturated rings. The van der Waals surface area contributed by atoms with Crippen molar-refractivity contribution in [1.29, 1.82) is 0 Å². The lowest BCUT2D eigenvalue weighted by atomic mass is 9.33. The molecule has 9 aliphatic heterocycles. The van der Waals surface area contributed by atoms with Crippen LogP contribution in [0.25, 0.3) is 0 Å². The van der Waals surface area contributed by atoms with Crippen LogP contribution in [0.15, 0.2) is 60.3 Å². The Balaban J connectivity index is 0.715. The van der Waals surface area contributed by atoms with Crippen LogP contribution in [0.4, 0.5) is 0 Å². The third-order valence-electron chi connectivity index (χ3n) is 35.3. The van der Waals surface area contributed by atoms with Crippen LogP contribution in [0.3, 0.4) is 0 Å². The average molecular weight is 2160 g/mol. The van der Waals surface area contributed by atoms with Crippen molar-refractivity contribution in [2.24, 2.45) is 50.2 Å². The second-order valence-electron chi connectivity index (χ2n) is 45.7. The van der Waals surface area contributed by atoms with Crippen molar-refractivity contribution in [1.82, 2.24) is 0 Å². The molecule has 858 valence electrons. The fourth-order valence-corrected chi connectivity index (χ4v) is 25.4. The van der Waals surface area contributed by atoms with Crippen molar-refractivity contribution in [3.63, 3.8) is 0 Å². The zero-order valence-corrected chi connectivity index (χ0v) is 86.5. The Hall–Kier alpha value is -4.61. The summed E-state index contributed by atoms with van der Waals surface area (Å²) in [5.41, 5.74) is -8.73. The Bertz CT molecular complexity index is 4630. The van der Waals surface area contributed by atoms with Gasteiger partial charge in [-0.25, -0.2) is 9.59 Å². The lowest BCUT2D eigenvalue weighted by Gasteiger charge is -2.72. The van der Waals surface area contributed by atoms with Crippen LogP contribution in [-0.2, 0) is 109 Å². The van der Waals surface area contributed by atoms with E-state index in [-0.39, 0.29) is 61.5 Å². The first-order valence-corrected chi connectivity index (χ1v) is 51.8. The van der Waals surface area contributed by atoms with Crippen LogP contribution in [0.1, 0.15) is 167 Å². The summed E-state index contributed by atoms with van der Waals surface area (Å²) in [4.78, 5) is 45.7. The molecular weight excluding hydrogens is 2000 g/mol. The molecule has 5 aliphatic carbocycles. The molecular formula is C101H160O49. The van der Waals surface area contributed by atoms with Crippen LogP contribution >= 0.6 is 0 Å². The SMILES string of the molecule is C=C[C@@](C)(CC/C=C(\C)C(=O)O[C@H]1[C@H](O)[C@@H](O)[C@H](O[C@@](C)(C=C)CC/C=C(\CO)C(=O)O[C@H]2C[C@]3(C(=O)O[C@@H]4O[C@H](CO)[C@@H](O)[C@H](O)[C@H]4O[C@@H]4O[C@@H](C)[C@H](O[C@@H]5O[C@H](CO)[C@H](O)[C@H]5O)[C@@H](O[C@@H]5O[C@H](CO)[C@@H](O)[C@H](O)[C@H]5O)[C@H]4O)[C@H](O)C[C@]4(C)C(=CC[C@@H]5[C@@]6(C)CC[C@H](O[C@@H]7O[C@H](CO[C@@H]8OC[C@H](O)[C@H](O)[C@H]8O[C@@H]8OC[C@@H](O)[C@H](O)[C@H]8O)[C@@H](O)[C@H](O)[C@H]7O)C(C)(C)[C@@H]6CC[C@]54C)[C@H]3CC2(C)C)O[C@@H]1C)O[C@@H]1O[C@H](C)[C@@H](O)[C@H](O)[C@H]1O. The quantitative estimate of drug-likeness (QED) is 0.00922. The third kappa shape index (κ3) is 23.3. The smallest absolute Gasteiger partial charge is 0.336 e. The maximum absolute atomic E-state index is 16.9. The molecule has 0 bridgehead atoms. The Labute approximate surface area is 867 Å². The van der Waals surface area contributed by atoms with Crippen LogP contribution in [0.2, 0.25) is 0 Å². The van der Waals surface area contributed by atoms with E-state index in [2.05, 4.69) is 33.1 Å². The van der Waals surface area contributed by atoms with Crippen LogP contribution in [0.5, 0.6) is 0 Å². The highest BCUT2D eigenvalue weighted by Gasteiger charge is 2.74. The highest BCUT2D eigenvalue weighted by Crippen LogP contribution is 2.77. The van der Waals surface area contributed by atoms with E-state index in [4.69, 9.17) is 94.7 Å². The molecule has 150 heavy (non-hydrogen) atoms. The summed E-state index contributed by atoms with van der Waals surface area (Å²) in [6.45, 7) is 25.5. The van der Waals surface area contributed by atoms with Crippen molar-refractivity contribution in [3.8, 4) is 0 Å². The molecule has 14 rings (SSSR count). The predicted molar refractivity (Wildman–Crippen MR) is 503 cm³/mol. The summed E-state index contributed by atoms with van der Waals surface area (Å²) >= 11 is 0. The summed E-state index contributed by atoms with van der Waals surface area (Å²) in [6, 6.07) is 0.